The summed E-state index contributed by atoms with van der Waals surface area (Å²) in [5, 5.41) is 0. The van der Waals surface area contributed by atoms with Crippen LogP contribution >= 0.6 is 0 Å². The average molecular weight is 617 g/mol. The molecule has 4 rings (SSSR count). The Hall–Kier alpha value is -3.52. The Morgan fingerprint density at radius 1 is 0.348 bits per heavy atom. The zero-order valence-electron chi connectivity index (χ0n) is 29.0. The van der Waals surface area contributed by atoms with Crippen molar-refractivity contribution in [3.63, 3.8) is 0 Å². The third-order valence-electron chi connectivity index (χ3n) is 9.50. The first-order chi connectivity index (χ1) is 22.5. The Balaban J connectivity index is 1.06. The summed E-state index contributed by atoms with van der Waals surface area (Å²) in [6.45, 7) is 4.59. The highest BCUT2D eigenvalue weighted by Gasteiger charge is 2.07. The third kappa shape index (κ3) is 12.3. The molecule has 0 bridgehead atoms. The second kappa shape index (κ2) is 19.9. The fraction of sp³-hybridized carbons (Fsp3) is 0.455. The van der Waals surface area contributed by atoms with Crippen LogP contribution < -0.4 is 11.5 Å². The molecular formula is C44H60N2. The van der Waals surface area contributed by atoms with Crippen molar-refractivity contribution in [1.29, 1.82) is 0 Å². The molecule has 0 radical (unpaired) electrons. The Morgan fingerprint density at radius 3 is 1.02 bits per heavy atom. The molecule has 46 heavy (non-hydrogen) atoms. The molecule has 0 aromatic heterocycles. The van der Waals surface area contributed by atoms with Crippen LogP contribution in [-0.2, 0) is 38.5 Å². The van der Waals surface area contributed by atoms with Crippen molar-refractivity contribution in [2.75, 3.05) is 11.5 Å². The molecule has 0 amide bonds. The number of benzene rings is 4. The van der Waals surface area contributed by atoms with E-state index in [4.69, 9.17) is 11.5 Å². The van der Waals surface area contributed by atoms with Gasteiger partial charge in [-0.05, 0) is 120 Å². The van der Waals surface area contributed by atoms with Gasteiger partial charge in [0.25, 0.3) is 0 Å². The minimum atomic E-state index is 0.836. The summed E-state index contributed by atoms with van der Waals surface area (Å²) in [5.41, 5.74) is 25.1. The van der Waals surface area contributed by atoms with E-state index in [1.54, 1.807) is 22.3 Å². The van der Waals surface area contributed by atoms with E-state index in [0.29, 0.717) is 0 Å². The maximum Gasteiger partial charge on any atom is 0.0314 e. The highest BCUT2D eigenvalue weighted by atomic mass is 14.5. The lowest BCUT2D eigenvalue weighted by molar-refractivity contribution is 0.550. The van der Waals surface area contributed by atoms with Crippen LogP contribution in [0.4, 0.5) is 11.4 Å². The van der Waals surface area contributed by atoms with Crippen LogP contribution in [0, 0.1) is 0 Å². The van der Waals surface area contributed by atoms with Gasteiger partial charge >= 0.3 is 0 Å². The summed E-state index contributed by atoms with van der Waals surface area (Å²) in [4.78, 5) is 0. The number of nitrogens with two attached hydrogens (primary N) is 2. The molecule has 4 aromatic carbocycles. The Kier molecular flexibility index (Phi) is 15.3. The monoisotopic (exact) mass is 616 g/mol. The zero-order valence-corrected chi connectivity index (χ0v) is 29.0. The minimum absolute atomic E-state index is 0.836. The van der Waals surface area contributed by atoms with Gasteiger partial charge in [-0.3, -0.25) is 0 Å². The van der Waals surface area contributed by atoms with E-state index in [1.165, 1.54) is 125 Å². The zero-order chi connectivity index (χ0) is 32.4. The summed E-state index contributed by atoms with van der Waals surface area (Å²) in [6, 6.07) is 31.0. The maximum atomic E-state index is 5.86. The average Bonchev–Trinajstić information content (AvgIpc) is 3.06. The second-order valence-electron chi connectivity index (χ2n) is 13.6. The van der Waals surface area contributed by atoms with Crippen molar-refractivity contribution >= 4 is 11.4 Å². The molecule has 0 aliphatic carbocycles. The number of aryl methyl sites for hydroxylation is 4. The minimum Gasteiger partial charge on any atom is -0.399 e. The van der Waals surface area contributed by atoms with Crippen LogP contribution in [0.15, 0.2) is 84.9 Å². The van der Waals surface area contributed by atoms with Crippen LogP contribution in [-0.4, -0.2) is 0 Å². The third-order valence-corrected chi connectivity index (χ3v) is 9.50. The molecule has 2 nitrogen and oxygen atoms in total. The molecule has 0 saturated heterocycles. The molecule has 2 heteroatoms. The molecule has 0 atom stereocenters. The summed E-state index contributed by atoms with van der Waals surface area (Å²) in [5.74, 6) is 0. The van der Waals surface area contributed by atoms with E-state index >= 15 is 0 Å². The van der Waals surface area contributed by atoms with Gasteiger partial charge in [0.2, 0.25) is 0 Å². The summed E-state index contributed by atoms with van der Waals surface area (Å²) in [7, 11) is 0. The van der Waals surface area contributed by atoms with Gasteiger partial charge in [0.05, 0.1) is 0 Å². The lowest BCUT2D eigenvalue weighted by Gasteiger charge is -2.12. The Bertz CT molecular complexity index is 1310. The van der Waals surface area contributed by atoms with E-state index in [9.17, 15) is 0 Å². The summed E-state index contributed by atoms with van der Waals surface area (Å²) < 4.78 is 0. The largest absolute Gasteiger partial charge is 0.399 e. The van der Waals surface area contributed by atoms with E-state index in [0.717, 1.165) is 24.2 Å². The van der Waals surface area contributed by atoms with E-state index in [1.807, 2.05) is 24.3 Å². The smallest absolute Gasteiger partial charge is 0.0314 e. The summed E-state index contributed by atoms with van der Waals surface area (Å²) in [6.07, 6.45) is 22.9. The fourth-order valence-corrected chi connectivity index (χ4v) is 6.86. The number of nitrogen functional groups attached to an aromatic ring is 2. The SMILES string of the molecule is CCCc1cc(Cc2ccc(N)cc2)ccc1CCCCCCCCCCCCc1ccc(Cc2ccc(N)cc2)cc1CCC. The first kappa shape index (κ1) is 35.3. The predicted octanol–water partition coefficient (Wildman–Crippen LogP) is 11.6. The van der Waals surface area contributed by atoms with Crippen molar-refractivity contribution in [1.82, 2.24) is 0 Å². The number of hydrogen-bond acceptors (Lipinski definition) is 2. The van der Waals surface area contributed by atoms with Gasteiger partial charge in [-0.25, -0.2) is 0 Å². The number of rotatable bonds is 21. The molecule has 0 aliphatic heterocycles. The molecule has 246 valence electrons. The van der Waals surface area contributed by atoms with Crippen molar-refractivity contribution in [2.24, 2.45) is 0 Å². The van der Waals surface area contributed by atoms with Crippen LogP contribution in [0.2, 0.25) is 0 Å². The Morgan fingerprint density at radius 2 is 0.674 bits per heavy atom. The van der Waals surface area contributed by atoms with Gasteiger partial charge in [-0.1, -0.05) is 139 Å². The van der Waals surface area contributed by atoms with Gasteiger partial charge in [-0.2, -0.15) is 0 Å². The van der Waals surface area contributed by atoms with Crippen LogP contribution in [0.1, 0.15) is 135 Å². The maximum absolute atomic E-state index is 5.86. The molecule has 0 fully saturated rings. The molecular weight excluding hydrogens is 556 g/mol. The lowest BCUT2D eigenvalue weighted by atomic mass is 9.93. The van der Waals surface area contributed by atoms with Gasteiger partial charge in [0, 0.05) is 11.4 Å². The normalized spacial score (nSPS) is 11.3. The van der Waals surface area contributed by atoms with Crippen molar-refractivity contribution < 1.29 is 0 Å². The lowest BCUT2D eigenvalue weighted by Crippen LogP contribution is -1.98. The van der Waals surface area contributed by atoms with Crippen LogP contribution in [0.3, 0.4) is 0 Å². The van der Waals surface area contributed by atoms with Gasteiger partial charge in [-0.15, -0.1) is 0 Å². The van der Waals surface area contributed by atoms with Gasteiger partial charge in [0.15, 0.2) is 0 Å². The first-order valence-electron chi connectivity index (χ1n) is 18.4. The second-order valence-corrected chi connectivity index (χ2v) is 13.6. The fourth-order valence-electron chi connectivity index (χ4n) is 6.86. The first-order valence-corrected chi connectivity index (χ1v) is 18.4. The standard InChI is InChI=1S/C44H60N2/c1-3-15-41-33-37(31-35-21-27-43(45)28-22-35)19-25-39(41)17-13-11-9-7-5-6-8-10-12-14-18-40-26-20-38(34-42(40)16-4-2)32-36-23-29-44(46)30-24-36/h19-30,33-34H,3-18,31-32,45-46H2,1-2H3. The molecule has 0 spiro atoms. The van der Waals surface area contributed by atoms with E-state index in [-0.39, 0.29) is 0 Å². The van der Waals surface area contributed by atoms with E-state index in [2.05, 4.69) is 74.5 Å². The van der Waals surface area contributed by atoms with E-state index < -0.39 is 0 Å². The summed E-state index contributed by atoms with van der Waals surface area (Å²) >= 11 is 0. The Labute approximate surface area is 281 Å². The molecule has 0 saturated carbocycles. The molecule has 0 heterocycles. The van der Waals surface area contributed by atoms with Crippen LogP contribution in [0.5, 0.6) is 0 Å². The molecule has 0 unspecified atom stereocenters. The van der Waals surface area contributed by atoms with Crippen LogP contribution in [0.25, 0.3) is 0 Å². The molecule has 0 aliphatic rings. The van der Waals surface area contributed by atoms with Crippen molar-refractivity contribution in [3.8, 4) is 0 Å². The number of hydrogen-bond donors (Lipinski definition) is 2. The van der Waals surface area contributed by atoms with Gasteiger partial charge < -0.3 is 11.5 Å². The highest BCUT2D eigenvalue weighted by molar-refractivity contribution is 5.43. The van der Waals surface area contributed by atoms with Crippen molar-refractivity contribution in [2.45, 2.75) is 129 Å². The number of unbranched alkanes of at least 4 members (excludes halogenated alkanes) is 9. The van der Waals surface area contributed by atoms with Crippen molar-refractivity contribution in [3.05, 3.63) is 129 Å². The number of anilines is 2. The molecule has 4 N–H and O–H groups in total. The molecule has 4 aromatic rings. The topological polar surface area (TPSA) is 52.0 Å². The quantitative estimate of drug-likeness (QED) is 0.0723. The highest BCUT2D eigenvalue weighted by Crippen LogP contribution is 2.22. The van der Waals surface area contributed by atoms with Gasteiger partial charge in [0.1, 0.15) is 0 Å². The predicted molar refractivity (Wildman–Crippen MR) is 202 cm³/mol.